The Morgan fingerprint density at radius 2 is 2.17 bits per heavy atom. The van der Waals surface area contributed by atoms with Gasteiger partial charge in [-0.15, -0.1) is 0 Å². The molecule has 0 atom stereocenters. The molecule has 0 radical (unpaired) electrons. The van der Waals surface area contributed by atoms with Crippen LogP contribution in [0.15, 0.2) is 34.0 Å². The summed E-state index contributed by atoms with van der Waals surface area (Å²) in [5.41, 5.74) is 0.698. The highest BCUT2D eigenvalue weighted by Crippen LogP contribution is 2.08. The van der Waals surface area contributed by atoms with Crippen LogP contribution in [0.2, 0.25) is 0 Å². The van der Waals surface area contributed by atoms with Crippen LogP contribution in [0.25, 0.3) is 16.8 Å². The van der Waals surface area contributed by atoms with Crippen LogP contribution in [0.1, 0.15) is 13.3 Å². The van der Waals surface area contributed by atoms with Crippen LogP contribution in [-0.2, 0) is 6.54 Å². The molecule has 3 heterocycles. The lowest BCUT2D eigenvalue weighted by molar-refractivity contribution is 0.621. The molecule has 3 rings (SSSR count). The highest BCUT2D eigenvalue weighted by molar-refractivity contribution is 5.75. The van der Waals surface area contributed by atoms with Crippen LogP contribution < -0.4 is 11.2 Å². The fourth-order valence-corrected chi connectivity index (χ4v) is 2.10. The Bertz CT molecular complexity index is 841. The standard InChI is InChI=1S/C12H12N4O2/c1-2-6-16-11(17)9-10(14-12(16)18)13-8-5-3-4-7-15(8)9/h3-5,7H,2,6H2,1H3,(H,14,18). The van der Waals surface area contributed by atoms with Crippen molar-refractivity contribution in [3.8, 4) is 0 Å². The molecule has 18 heavy (non-hydrogen) atoms. The van der Waals surface area contributed by atoms with Crippen LogP contribution in [0, 0.1) is 0 Å². The first-order chi connectivity index (χ1) is 8.72. The van der Waals surface area contributed by atoms with Gasteiger partial charge in [-0.1, -0.05) is 13.0 Å². The lowest BCUT2D eigenvalue weighted by Crippen LogP contribution is -2.35. The van der Waals surface area contributed by atoms with Crippen molar-refractivity contribution < 1.29 is 0 Å². The van der Waals surface area contributed by atoms with E-state index in [1.165, 1.54) is 4.57 Å². The summed E-state index contributed by atoms with van der Waals surface area (Å²) < 4.78 is 2.91. The van der Waals surface area contributed by atoms with Crippen LogP contribution in [0.5, 0.6) is 0 Å². The molecule has 92 valence electrons. The summed E-state index contributed by atoms with van der Waals surface area (Å²) in [6.07, 6.45) is 2.49. The van der Waals surface area contributed by atoms with Gasteiger partial charge in [-0.25, -0.2) is 9.78 Å². The monoisotopic (exact) mass is 244 g/mol. The Kier molecular flexibility index (Phi) is 2.29. The predicted molar refractivity (Wildman–Crippen MR) is 67.9 cm³/mol. The molecule has 0 saturated heterocycles. The zero-order valence-electron chi connectivity index (χ0n) is 9.88. The molecule has 6 heteroatoms. The Hall–Kier alpha value is -2.37. The number of hydrogen-bond acceptors (Lipinski definition) is 3. The zero-order chi connectivity index (χ0) is 12.7. The molecule has 1 N–H and O–H groups in total. The van der Waals surface area contributed by atoms with Gasteiger partial charge in [0.1, 0.15) is 5.65 Å². The van der Waals surface area contributed by atoms with Crippen molar-refractivity contribution >= 4 is 16.8 Å². The summed E-state index contributed by atoms with van der Waals surface area (Å²) in [7, 11) is 0. The van der Waals surface area contributed by atoms with E-state index in [-0.39, 0.29) is 5.56 Å². The average Bonchev–Trinajstić information content (AvgIpc) is 2.72. The summed E-state index contributed by atoms with van der Waals surface area (Å²) in [6, 6.07) is 5.45. The fourth-order valence-electron chi connectivity index (χ4n) is 2.10. The summed E-state index contributed by atoms with van der Waals surface area (Å²) >= 11 is 0. The van der Waals surface area contributed by atoms with E-state index < -0.39 is 5.69 Å². The molecule has 3 aromatic rings. The van der Waals surface area contributed by atoms with Crippen LogP contribution in [-0.4, -0.2) is 18.9 Å². The van der Waals surface area contributed by atoms with Gasteiger partial charge in [-0.2, -0.15) is 0 Å². The van der Waals surface area contributed by atoms with Crippen molar-refractivity contribution in [3.05, 3.63) is 45.2 Å². The van der Waals surface area contributed by atoms with Gasteiger partial charge in [-0.3, -0.25) is 18.7 Å². The van der Waals surface area contributed by atoms with E-state index in [4.69, 9.17) is 0 Å². The summed E-state index contributed by atoms with van der Waals surface area (Å²) in [5.74, 6) is 0. The van der Waals surface area contributed by atoms with E-state index in [1.807, 2.05) is 19.1 Å². The number of imidazole rings is 1. The van der Waals surface area contributed by atoms with Gasteiger partial charge < -0.3 is 0 Å². The minimum atomic E-state index is -0.405. The van der Waals surface area contributed by atoms with E-state index in [9.17, 15) is 9.59 Å². The quantitative estimate of drug-likeness (QED) is 0.723. The van der Waals surface area contributed by atoms with Crippen molar-refractivity contribution in [3.63, 3.8) is 0 Å². The second kappa shape index (κ2) is 3.83. The van der Waals surface area contributed by atoms with E-state index in [2.05, 4.69) is 9.97 Å². The summed E-state index contributed by atoms with van der Waals surface area (Å²) in [5, 5.41) is 0. The smallest absolute Gasteiger partial charge is 0.294 e. The molecular formula is C12H12N4O2. The Morgan fingerprint density at radius 3 is 2.94 bits per heavy atom. The second-order valence-corrected chi connectivity index (χ2v) is 4.12. The number of H-pyrrole nitrogens is 1. The van der Waals surface area contributed by atoms with Gasteiger partial charge in [0.05, 0.1) is 0 Å². The van der Waals surface area contributed by atoms with Gasteiger partial charge in [0, 0.05) is 12.7 Å². The molecule has 0 bridgehead atoms. The second-order valence-electron chi connectivity index (χ2n) is 4.12. The number of fused-ring (bicyclic) bond motifs is 3. The number of nitrogens with one attached hydrogen (secondary N) is 1. The highest BCUT2D eigenvalue weighted by Gasteiger charge is 2.12. The molecule has 3 aromatic heterocycles. The molecule has 0 fully saturated rings. The van der Waals surface area contributed by atoms with Gasteiger partial charge in [-0.05, 0) is 18.6 Å². The Labute approximate surface area is 102 Å². The zero-order valence-corrected chi connectivity index (χ0v) is 9.88. The van der Waals surface area contributed by atoms with E-state index >= 15 is 0 Å². The molecule has 0 unspecified atom stereocenters. The predicted octanol–water partition coefficient (Wildman–Crippen LogP) is 0.747. The minimum Gasteiger partial charge on any atom is -0.294 e. The van der Waals surface area contributed by atoms with Gasteiger partial charge in [0.25, 0.3) is 5.56 Å². The maximum atomic E-state index is 12.3. The third-order valence-electron chi connectivity index (χ3n) is 2.90. The molecule has 0 saturated carbocycles. The molecule has 0 aromatic carbocycles. The maximum absolute atomic E-state index is 12.3. The molecule has 0 aliphatic carbocycles. The van der Waals surface area contributed by atoms with Crippen molar-refractivity contribution in [2.45, 2.75) is 19.9 Å². The lowest BCUT2D eigenvalue weighted by atomic mass is 10.4. The summed E-state index contributed by atoms with van der Waals surface area (Å²) in [4.78, 5) is 31.0. The van der Waals surface area contributed by atoms with Gasteiger partial charge in [0.15, 0.2) is 11.2 Å². The number of aromatic amines is 1. The molecular weight excluding hydrogens is 232 g/mol. The van der Waals surface area contributed by atoms with Crippen LogP contribution >= 0.6 is 0 Å². The van der Waals surface area contributed by atoms with E-state index in [0.29, 0.717) is 23.4 Å². The number of rotatable bonds is 2. The number of hydrogen-bond donors (Lipinski definition) is 1. The molecule has 0 aliphatic rings. The van der Waals surface area contributed by atoms with Crippen molar-refractivity contribution in [2.24, 2.45) is 0 Å². The first-order valence-electron chi connectivity index (χ1n) is 5.82. The first-order valence-corrected chi connectivity index (χ1v) is 5.82. The molecule has 6 nitrogen and oxygen atoms in total. The SMILES string of the molecule is CCCn1c(=O)[nH]c2nc3ccccn3c2c1=O. The normalized spacial score (nSPS) is 11.4. The highest BCUT2D eigenvalue weighted by atomic mass is 16.2. The molecule has 0 spiro atoms. The number of aromatic nitrogens is 4. The summed E-state index contributed by atoms with van der Waals surface area (Å²) in [6.45, 7) is 2.33. The lowest BCUT2D eigenvalue weighted by Gasteiger charge is -2.01. The first kappa shape index (κ1) is 10.8. The average molecular weight is 244 g/mol. The third-order valence-corrected chi connectivity index (χ3v) is 2.90. The number of pyridine rings is 1. The third kappa shape index (κ3) is 1.38. The van der Waals surface area contributed by atoms with Crippen LogP contribution in [0.4, 0.5) is 0 Å². The van der Waals surface area contributed by atoms with E-state index in [1.54, 1.807) is 16.7 Å². The van der Waals surface area contributed by atoms with E-state index in [0.717, 1.165) is 6.42 Å². The van der Waals surface area contributed by atoms with Crippen molar-refractivity contribution in [2.75, 3.05) is 0 Å². The van der Waals surface area contributed by atoms with Crippen LogP contribution in [0.3, 0.4) is 0 Å². The Morgan fingerprint density at radius 1 is 1.33 bits per heavy atom. The number of nitrogens with zero attached hydrogens (tertiary/aromatic N) is 3. The van der Waals surface area contributed by atoms with Crippen molar-refractivity contribution in [1.29, 1.82) is 0 Å². The van der Waals surface area contributed by atoms with Gasteiger partial charge in [0.2, 0.25) is 0 Å². The molecule has 0 amide bonds. The Balaban J connectivity index is 2.53. The maximum Gasteiger partial charge on any atom is 0.330 e. The van der Waals surface area contributed by atoms with Crippen molar-refractivity contribution in [1.82, 2.24) is 18.9 Å². The topological polar surface area (TPSA) is 72.2 Å². The fraction of sp³-hybridized carbons (Fsp3) is 0.250. The molecule has 0 aliphatic heterocycles. The minimum absolute atomic E-state index is 0.297. The van der Waals surface area contributed by atoms with Gasteiger partial charge >= 0.3 is 5.69 Å². The largest absolute Gasteiger partial charge is 0.330 e.